The van der Waals surface area contributed by atoms with E-state index in [9.17, 15) is 9.59 Å². The number of aldehydes is 1. The zero-order valence-corrected chi connectivity index (χ0v) is 9.45. The summed E-state index contributed by atoms with van der Waals surface area (Å²) in [6.45, 7) is 1.91. The topological polar surface area (TPSA) is 47.0 Å². The lowest BCUT2D eigenvalue weighted by atomic mass is 10.2. The molecule has 0 N–H and O–H groups in total. The summed E-state index contributed by atoms with van der Waals surface area (Å²) in [4.78, 5) is 27.1. The van der Waals surface area contributed by atoms with Crippen LogP contribution in [0.4, 0.5) is 0 Å². The van der Waals surface area contributed by atoms with Gasteiger partial charge in [0, 0.05) is 16.8 Å². The van der Waals surface area contributed by atoms with Crippen LogP contribution in [0.3, 0.4) is 0 Å². The van der Waals surface area contributed by atoms with Gasteiger partial charge in [0.05, 0.1) is 4.88 Å². The fraction of sp³-hybridized carbons (Fsp3) is 0.0833. The maximum atomic E-state index is 11.2. The van der Waals surface area contributed by atoms with E-state index in [1.807, 2.05) is 25.1 Å². The number of ketones is 1. The third-order valence-corrected chi connectivity index (χ3v) is 3.29. The summed E-state index contributed by atoms with van der Waals surface area (Å²) in [6.07, 6.45) is 2.07. The molecule has 2 aromatic rings. The summed E-state index contributed by atoms with van der Waals surface area (Å²) in [5.74, 6) is -0.470. The van der Waals surface area contributed by atoms with Gasteiger partial charge in [0.15, 0.2) is 6.29 Å². The summed E-state index contributed by atoms with van der Waals surface area (Å²) in [5.41, 5.74) is 1.94. The minimum absolute atomic E-state index is 0.341. The highest BCUT2D eigenvalue weighted by atomic mass is 32.1. The first kappa shape index (κ1) is 10.7. The lowest BCUT2D eigenvalue weighted by molar-refractivity contribution is -0.104. The molecule has 4 heteroatoms. The molecular weight excluding hydrogens is 222 g/mol. The Morgan fingerprint density at radius 2 is 2.19 bits per heavy atom. The van der Waals surface area contributed by atoms with Crippen LogP contribution in [0.25, 0.3) is 10.4 Å². The van der Waals surface area contributed by atoms with Gasteiger partial charge in [0.25, 0.3) is 0 Å². The van der Waals surface area contributed by atoms with Crippen molar-refractivity contribution in [2.75, 3.05) is 0 Å². The molecule has 2 aromatic heterocycles. The molecule has 16 heavy (non-hydrogen) atoms. The third-order valence-electron chi connectivity index (χ3n) is 2.14. The van der Waals surface area contributed by atoms with Crippen molar-refractivity contribution in [2.45, 2.75) is 6.92 Å². The average Bonchev–Trinajstić information content (AvgIpc) is 2.77. The Labute approximate surface area is 96.8 Å². The number of Topliss-reactive ketones (excluding diaryl/α,β-unsaturated/α-hetero) is 1. The van der Waals surface area contributed by atoms with Gasteiger partial charge in [-0.3, -0.25) is 14.6 Å². The molecule has 0 aliphatic heterocycles. The van der Waals surface area contributed by atoms with Crippen LogP contribution >= 0.6 is 11.3 Å². The second-order valence-corrected chi connectivity index (χ2v) is 4.42. The van der Waals surface area contributed by atoms with E-state index in [1.165, 1.54) is 11.3 Å². The molecule has 0 aliphatic rings. The Morgan fingerprint density at radius 1 is 1.38 bits per heavy atom. The van der Waals surface area contributed by atoms with Gasteiger partial charge in [0.2, 0.25) is 5.78 Å². The Kier molecular flexibility index (Phi) is 2.92. The molecule has 3 nitrogen and oxygen atoms in total. The Balaban J connectivity index is 2.38. The Morgan fingerprint density at radius 3 is 2.88 bits per heavy atom. The van der Waals surface area contributed by atoms with Gasteiger partial charge < -0.3 is 0 Å². The first-order valence-electron chi connectivity index (χ1n) is 4.73. The SMILES string of the molecule is Cc1cc(-c2ccc(C(=O)C=O)s2)ccn1. The summed E-state index contributed by atoms with van der Waals surface area (Å²) < 4.78 is 0. The number of nitrogens with zero attached hydrogens (tertiary/aromatic N) is 1. The van der Waals surface area contributed by atoms with Crippen molar-refractivity contribution in [3.63, 3.8) is 0 Å². The van der Waals surface area contributed by atoms with Gasteiger partial charge >= 0.3 is 0 Å². The molecule has 0 atom stereocenters. The van der Waals surface area contributed by atoms with Crippen molar-refractivity contribution in [3.05, 3.63) is 41.0 Å². The highest BCUT2D eigenvalue weighted by Gasteiger charge is 2.09. The first-order valence-corrected chi connectivity index (χ1v) is 5.55. The fourth-order valence-electron chi connectivity index (χ4n) is 1.38. The van der Waals surface area contributed by atoms with E-state index in [2.05, 4.69) is 4.98 Å². The van der Waals surface area contributed by atoms with E-state index in [4.69, 9.17) is 0 Å². The highest BCUT2D eigenvalue weighted by molar-refractivity contribution is 7.18. The molecule has 0 saturated heterocycles. The van der Waals surface area contributed by atoms with Crippen LogP contribution in [-0.2, 0) is 4.79 Å². The van der Waals surface area contributed by atoms with Crippen molar-refractivity contribution in [1.82, 2.24) is 4.98 Å². The van der Waals surface area contributed by atoms with Crippen LogP contribution in [0.1, 0.15) is 15.4 Å². The number of carbonyl (C=O) groups excluding carboxylic acids is 2. The Hall–Kier alpha value is -1.81. The quantitative estimate of drug-likeness (QED) is 0.463. The monoisotopic (exact) mass is 231 g/mol. The van der Waals surface area contributed by atoms with Crippen molar-refractivity contribution in [1.29, 1.82) is 0 Å². The smallest absolute Gasteiger partial charge is 0.235 e. The lowest BCUT2D eigenvalue weighted by Crippen LogP contribution is -1.94. The van der Waals surface area contributed by atoms with Crippen molar-refractivity contribution in [2.24, 2.45) is 0 Å². The van der Waals surface area contributed by atoms with E-state index >= 15 is 0 Å². The molecule has 0 saturated carbocycles. The Bertz CT molecular complexity index is 545. The van der Waals surface area contributed by atoms with Crippen LogP contribution in [0.2, 0.25) is 0 Å². The fourth-order valence-corrected chi connectivity index (χ4v) is 2.28. The number of carbonyl (C=O) groups is 2. The predicted molar refractivity (Wildman–Crippen MR) is 62.7 cm³/mol. The van der Waals surface area contributed by atoms with Gasteiger partial charge in [-0.15, -0.1) is 11.3 Å². The van der Waals surface area contributed by atoms with Crippen LogP contribution in [0, 0.1) is 6.92 Å². The maximum absolute atomic E-state index is 11.2. The standard InChI is InChI=1S/C12H9NO2S/c1-8-6-9(4-5-13-8)11-2-3-12(16-11)10(15)7-14/h2-7H,1H3. The molecule has 0 spiro atoms. The summed E-state index contributed by atoms with van der Waals surface area (Å²) >= 11 is 1.32. The van der Waals surface area contributed by atoms with Crippen LogP contribution in [-0.4, -0.2) is 17.1 Å². The van der Waals surface area contributed by atoms with Crippen LogP contribution < -0.4 is 0 Å². The number of hydrogen-bond acceptors (Lipinski definition) is 4. The molecule has 0 aliphatic carbocycles. The highest BCUT2D eigenvalue weighted by Crippen LogP contribution is 2.28. The average molecular weight is 231 g/mol. The molecule has 0 radical (unpaired) electrons. The number of rotatable bonds is 3. The summed E-state index contributed by atoms with van der Waals surface area (Å²) in [7, 11) is 0. The van der Waals surface area contributed by atoms with Gasteiger partial charge in [-0.25, -0.2) is 0 Å². The zero-order valence-electron chi connectivity index (χ0n) is 8.64. The van der Waals surface area contributed by atoms with Gasteiger partial charge in [-0.05, 0) is 36.8 Å². The van der Waals surface area contributed by atoms with Crippen molar-refractivity contribution in [3.8, 4) is 10.4 Å². The van der Waals surface area contributed by atoms with Crippen molar-refractivity contribution < 1.29 is 9.59 Å². The van der Waals surface area contributed by atoms with Crippen LogP contribution in [0.5, 0.6) is 0 Å². The molecule has 80 valence electrons. The molecular formula is C12H9NO2S. The minimum atomic E-state index is -0.470. The molecule has 0 unspecified atom stereocenters. The van der Waals surface area contributed by atoms with Gasteiger partial charge in [0.1, 0.15) is 0 Å². The van der Waals surface area contributed by atoms with E-state index < -0.39 is 5.78 Å². The largest absolute Gasteiger partial charge is 0.294 e. The van der Waals surface area contributed by atoms with E-state index in [-0.39, 0.29) is 0 Å². The van der Waals surface area contributed by atoms with Crippen molar-refractivity contribution >= 4 is 23.4 Å². The molecule has 0 aromatic carbocycles. The minimum Gasteiger partial charge on any atom is -0.294 e. The van der Waals surface area contributed by atoms with Gasteiger partial charge in [-0.1, -0.05) is 0 Å². The molecule has 0 fully saturated rings. The predicted octanol–water partition coefficient (Wildman–Crippen LogP) is 2.50. The van der Waals surface area contributed by atoms with E-state index in [1.54, 1.807) is 12.3 Å². The van der Waals surface area contributed by atoms with E-state index in [0.29, 0.717) is 11.2 Å². The maximum Gasteiger partial charge on any atom is 0.235 e. The second-order valence-electron chi connectivity index (χ2n) is 3.33. The first-order chi connectivity index (χ1) is 7.70. The number of aryl methyl sites for hydroxylation is 1. The second kappa shape index (κ2) is 4.37. The number of aromatic nitrogens is 1. The lowest BCUT2D eigenvalue weighted by Gasteiger charge is -1.97. The molecule has 0 bridgehead atoms. The molecule has 0 amide bonds. The third kappa shape index (κ3) is 2.06. The van der Waals surface area contributed by atoms with Crippen LogP contribution in [0.15, 0.2) is 30.5 Å². The number of pyridine rings is 1. The number of hydrogen-bond donors (Lipinski definition) is 0. The molecule has 2 heterocycles. The summed E-state index contributed by atoms with van der Waals surface area (Å²) in [6, 6.07) is 7.34. The summed E-state index contributed by atoms with van der Waals surface area (Å²) in [5, 5.41) is 0. The zero-order chi connectivity index (χ0) is 11.5. The van der Waals surface area contributed by atoms with Gasteiger partial charge in [-0.2, -0.15) is 0 Å². The number of thiophene rings is 1. The normalized spacial score (nSPS) is 10.1. The van der Waals surface area contributed by atoms with E-state index in [0.717, 1.165) is 16.1 Å². The molecule has 2 rings (SSSR count).